The molecule has 0 amide bonds. The molecule has 3 saturated carbocycles. The van der Waals surface area contributed by atoms with Crippen LogP contribution in [0.4, 0.5) is 0 Å². The maximum Gasteiger partial charge on any atom is 0.122 e. The average molecular weight is 430 g/mol. The second-order valence-electron chi connectivity index (χ2n) is 12.9. The molecule has 2 saturated heterocycles. The van der Waals surface area contributed by atoms with Gasteiger partial charge in [0.15, 0.2) is 0 Å². The SMILES string of the molecule is CC1CCC2(NC1)O[C@H]1[C@H](O)[C@H]3[C@@H]4CC[C@H]5CCC=C(O)[C@]5(C)[C@H]4CC[C@]3(C)[C@H]1[C@@H]2C. The van der Waals surface area contributed by atoms with Crippen molar-refractivity contribution in [2.24, 2.45) is 52.3 Å². The van der Waals surface area contributed by atoms with Gasteiger partial charge in [0.2, 0.25) is 0 Å². The summed E-state index contributed by atoms with van der Waals surface area (Å²) in [5.41, 5.74) is -0.188. The molecule has 0 aromatic carbocycles. The highest BCUT2D eigenvalue weighted by Gasteiger charge is 2.72. The van der Waals surface area contributed by atoms with Crippen molar-refractivity contribution in [3.05, 3.63) is 11.8 Å². The summed E-state index contributed by atoms with van der Waals surface area (Å²) in [6.45, 7) is 10.6. The van der Waals surface area contributed by atoms with Gasteiger partial charge in [0.25, 0.3) is 0 Å². The molecule has 6 rings (SSSR count). The lowest BCUT2D eigenvalue weighted by Gasteiger charge is -2.60. The van der Waals surface area contributed by atoms with E-state index in [-0.39, 0.29) is 28.8 Å². The van der Waals surface area contributed by atoms with E-state index in [2.05, 4.69) is 39.1 Å². The van der Waals surface area contributed by atoms with Gasteiger partial charge in [0.05, 0.1) is 18.0 Å². The summed E-state index contributed by atoms with van der Waals surface area (Å²) in [7, 11) is 0. The quantitative estimate of drug-likeness (QED) is 0.505. The van der Waals surface area contributed by atoms with Gasteiger partial charge in [0, 0.05) is 23.8 Å². The first-order chi connectivity index (χ1) is 14.7. The molecule has 0 aromatic heterocycles. The number of aliphatic hydroxyl groups excluding tert-OH is 2. The number of ether oxygens (including phenoxy) is 1. The molecule has 2 unspecified atom stereocenters. The molecular formula is C27H43NO3. The molecule has 12 atom stereocenters. The maximum atomic E-state index is 11.8. The van der Waals surface area contributed by atoms with E-state index in [1.54, 1.807) is 0 Å². The first kappa shape index (κ1) is 21.0. The van der Waals surface area contributed by atoms with E-state index in [0.29, 0.717) is 47.2 Å². The first-order valence-electron chi connectivity index (χ1n) is 13.2. The molecule has 0 bridgehead atoms. The average Bonchev–Trinajstić information content (AvgIpc) is 3.15. The predicted octanol–water partition coefficient (Wildman–Crippen LogP) is 5.03. The minimum Gasteiger partial charge on any atom is -0.512 e. The second-order valence-corrected chi connectivity index (χ2v) is 12.9. The highest BCUT2D eigenvalue weighted by atomic mass is 16.5. The van der Waals surface area contributed by atoms with Gasteiger partial charge in [0.1, 0.15) is 5.72 Å². The number of hydrogen-bond acceptors (Lipinski definition) is 4. The van der Waals surface area contributed by atoms with Gasteiger partial charge >= 0.3 is 0 Å². The third-order valence-corrected chi connectivity index (χ3v) is 11.8. The highest BCUT2D eigenvalue weighted by molar-refractivity contribution is 5.23. The zero-order valence-corrected chi connectivity index (χ0v) is 19.9. The number of nitrogens with one attached hydrogen (secondary N) is 1. The van der Waals surface area contributed by atoms with Gasteiger partial charge in [-0.2, -0.15) is 0 Å². The Kier molecular flexibility index (Phi) is 4.56. The molecule has 0 aromatic rings. The Bertz CT molecular complexity index is 772. The Morgan fingerprint density at radius 3 is 2.58 bits per heavy atom. The van der Waals surface area contributed by atoms with Crippen LogP contribution in [0.2, 0.25) is 0 Å². The summed E-state index contributed by atoms with van der Waals surface area (Å²) in [4.78, 5) is 0. The molecule has 2 aliphatic heterocycles. The Labute approximate surface area is 188 Å². The number of allylic oxidation sites excluding steroid dienone is 2. The molecular weight excluding hydrogens is 386 g/mol. The minimum absolute atomic E-state index is 0.0364. The van der Waals surface area contributed by atoms with E-state index in [9.17, 15) is 10.2 Å². The molecule has 4 aliphatic carbocycles. The largest absolute Gasteiger partial charge is 0.512 e. The van der Waals surface area contributed by atoms with E-state index in [1.807, 2.05) is 0 Å². The van der Waals surface area contributed by atoms with Crippen LogP contribution in [-0.2, 0) is 4.74 Å². The molecule has 5 fully saturated rings. The zero-order chi connectivity index (χ0) is 21.8. The van der Waals surface area contributed by atoms with Crippen molar-refractivity contribution in [1.82, 2.24) is 5.32 Å². The zero-order valence-electron chi connectivity index (χ0n) is 19.9. The summed E-state index contributed by atoms with van der Waals surface area (Å²) in [6.07, 6.45) is 11.0. The fourth-order valence-corrected chi connectivity index (χ4v) is 10.1. The summed E-state index contributed by atoms with van der Waals surface area (Å²) < 4.78 is 6.85. The van der Waals surface area contributed by atoms with E-state index in [4.69, 9.17) is 4.74 Å². The van der Waals surface area contributed by atoms with Crippen molar-refractivity contribution in [3.63, 3.8) is 0 Å². The topological polar surface area (TPSA) is 61.7 Å². The lowest BCUT2D eigenvalue weighted by atomic mass is 9.45. The molecule has 2 heterocycles. The smallest absolute Gasteiger partial charge is 0.122 e. The van der Waals surface area contributed by atoms with Crippen LogP contribution in [0.1, 0.15) is 79.1 Å². The van der Waals surface area contributed by atoms with Crippen LogP contribution in [0.5, 0.6) is 0 Å². The number of hydrogen-bond donors (Lipinski definition) is 3. The maximum absolute atomic E-state index is 11.8. The van der Waals surface area contributed by atoms with Crippen LogP contribution in [0, 0.1) is 52.3 Å². The highest BCUT2D eigenvalue weighted by Crippen LogP contribution is 2.71. The van der Waals surface area contributed by atoms with E-state index in [1.165, 1.54) is 32.1 Å². The Hall–Kier alpha value is -0.580. The van der Waals surface area contributed by atoms with Crippen molar-refractivity contribution in [1.29, 1.82) is 0 Å². The van der Waals surface area contributed by atoms with Gasteiger partial charge in [-0.15, -0.1) is 0 Å². The van der Waals surface area contributed by atoms with Gasteiger partial charge < -0.3 is 14.9 Å². The van der Waals surface area contributed by atoms with Gasteiger partial charge in [-0.05, 0) is 92.4 Å². The first-order valence-corrected chi connectivity index (χ1v) is 13.2. The fraction of sp³-hybridized carbons (Fsp3) is 0.926. The van der Waals surface area contributed by atoms with Crippen molar-refractivity contribution in [2.45, 2.75) is 97.0 Å². The van der Waals surface area contributed by atoms with E-state index < -0.39 is 0 Å². The Balaban J connectivity index is 1.33. The summed E-state index contributed by atoms with van der Waals surface area (Å²) >= 11 is 0. The van der Waals surface area contributed by atoms with Crippen LogP contribution in [0.15, 0.2) is 11.8 Å². The van der Waals surface area contributed by atoms with Gasteiger partial charge in [-0.3, -0.25) is 5.32 Å². The normalized spacial score (nSPS) is 60.7. The molecule has 1 spiro atoms. The van der Waals surface area contributed by atoms with Crippen LogP contribution in [-0.4, -0.2) is 34.7 Å². The second kappa shape index (κ2) is 6.73. The summed E-state index contributed by atoms with van der Waals surface area (Å²) in [5.74, 6) is 4.12. The van der Waals surface area contributed by atoms with Crippen LogP contribution < -0.4 is 5.32 Å². The van der Waals surface area contributed by atoms with Gasteiger partial charge in [-0.25, -0.2) is 0 Å². The fourth-order valence-electron chi connectivity index (χ4n) is 10.1. The monoisotopic (exact) mass is 429 g/mol. The number of rotatable bonds is 0. The third-order valence-electron chi connectivity index (χ3n) is 11.8. The van der Waals surface area contributed by atoms with Crippen molar-refractivity contribution < 1.29 is 14.9 Å². The van der Waals surface area contributed by atoms with Crippen molar-refractivity contribution in [2.75, 3.05) is 6.54 Å². The Morgan fingerprint density at radius 1 is 1.03 bits per heavy atom. The lowest BCUT2D eigenvalue weighted by Crippen LogP contribution is -2.59. The molecule has 4 nitrogen and oxygen atoms in total. The lowest BCUT2D eigenvalue weighted by molar-refractivity contribution is -0.162. The molecule has 3 N–H and O–H groups in total. The molecule has 174 valence electrons. The molecule has 31 heavy (non-hydrogen) atoms. The number of piperidine rings is 1. The third kappa shape index (κ3) is 2.53. The Morgan fingerprint density at radius 2 is 1.84 bits per heavy atom. The molecule has 6 aliphatic rings. The van der Waals surface area contributed by atoms with E-state index in [0.717, 1.165) is 25.8 Å². The predicted molar refractivity (Wildman–Crippen MR) is 121 cm³/mol. The van der Waals surface area contributed by atoms with Gasteiger partial charge in [-0.1, -0.05) is 27.7 Å². The minimum atomic E-state index is -0.374. The number of aliphatic hydroxyl groups is 2. The number of fused-ring (bicyclic) bond motifs is 7. The van der Waals surface area contributed by atoms with Crippen LogP contribution >= 0.6 is 0 Å². The summed E-state index contributed by atoms with van der Waals surface area (Å²) in [6, 6.07) is 0. The molecule has 4 heteroatoms. The van der Waals surface area contributed by atoms with E-state index >= 15 is 0 Å². The van der Waals surface area contributed by atoms with Crippen molar-refractivity contribution >= 4 is 0 Å². The standard InChI is InChI=1S/C27H43NO3/c1-15-10-13-27(28-14-15)16(2)21-24(31-27)23(30)22-18-9-8-17-6-5-7-20(29)26(17,4)19(18)11-12-25(21,22)3/h7,15-19,21-24,28-30H,5-6,8-14H2,1-4H3/t15?,16-,17+,18+,19-,21-,22+,23+,24+,25+,26-,27?/m0/s1. The molecule has 0 radical (unpaired) electrons. The van der Waals surface area contributed by atoms with Crippen LogP contribution in [0.25, 0.3) is 0 Å². The van der Waals surface area contributed by atoms with Crippen molar-refractivity contribution in [3.8, 4) is 0 Å². The summed E-state index contributed by atoms with van der Waals surface area (Å²) in [5, 5.41) is 26.6. The van der Waals surface area contributed by atoms with Crippen LogP contribution in [0.3, 0.4) is 0 Å².